The van der Waals surface area contributed by atoms with E-state index in [9.17, 15) is 0 Å². The summed E-state index contributed by atoms with van der Waals surface area (Å²) in [5.74, 6) is 0. The second kappa shape index (κ2) is 2.72. The van der Waals surface area contributed by atoms with Crippen LogP contribution in [-0.2, 0) is 4.84 Å². The van der Waals surface area contributed by atoms with Crippen molar-refractivity contribution < 1.29 is 4.84 Å². The van der Waals surface area contributed by atoms with Gasteiger partial charge in [-0.2, -0.15) is 0 Å². The van der Waals surface area contributed by atoms with Crippen molar-refractivity contribution in [3.8, 4) is 0 Å². The molecule has 1 aliphatic heterocycles. The molecule has 0 unspecified atom stereocenters. The largest absolute Gasteiger partial charge is 0.394 e. The van der Waals surface area contributed by atoms with E-state index in [4.69, 9.17) is 4.84 Å². The standard InChI is InChI=1S/C8H7N2O/c1-2-4-7(5-3-1)8-9-6-11-10-8/h1-6,10H. The fourth-order valence-electron chi connectivity index (χ4n) is 0.917. The van der Waals surface area contributed by atoms with Crippen molar-refractivity contribution in [1.29, 1.82) is 0 Å². The molecule has 1 heterocycles. The number of aliphatic imine (C=N–C) groups is 1. The third-order valence-corrected chi connectivity index (χ3v) is 1.44. The maximum atomic E-state index is 4.73. The Hall–Kier alpha value is -1.35. The van der Waals surface area contributed by atoms with Crippen molar-refractivity contribution in [2.75, 3.05) is 0 Å². The highest BCUT2D eigenvalue weighted by Crippen LogP contribution is 2.14. The van der Waals surface area contributed by atoms with E-state index in [0.29, 0.717) is 0 Å². The number of nitrogens with one attached hydrogen (secondary N) is 1. The molecule has 0 aliphatic carbocycles. The lowest BCUT2D eigenvalue weighted by Gasteiger charge is -2.02. The van der Waals surface area contributed by atoms with E-state index in [0.717, 1.165) is 11.7 Å². The van der Waals surface area contributed by atoms with Gasteiger partial charge in [0.15, 0.2) is 6.40 Å². The molecule has 1 aromatic carbocycles. The van der Waals surface area contributed by atoms with Gasteiger partial charge in [0, 0.05) is 5.56 Å². The summed E-state index contributed by atoms with van der Waals surface area (Å²) >= 11 is 0. The Kier molecular flexibility index (Phi) is 1.57. The Labute approximate surface area is 64.7 Å². The Morgan fingerprint density at radius 3 is 2.64 bits per heavy atom. The van der Waals surface area contributed by atoms with E-state index in [1.165, 1.54) is 6.40 Å². The lowest BCUT2D eigenvalue weighted by Crippen LogP contribution is -2.12. The summed E-state index contributed by atoms with van der Waals surface area (Å²) < 4.78 is 0. The average molecular weight is 147 g/mol. The summed E-state index contributed by atoms with van der Waals surface area (Å²) in [4.78, 5) is 8.70. The fraction of sp³-hybridized carbons (Fsp3) is 0. The molecule has 1 N–H and O–H groups in total. The average Bonchev–Trinajstić information content (AvgIpc) is 2.58. The van der Waals surface area contributed by atoms with Crippen LogP contribution in [0.4, 0.5) is 0 Å². The molecule has 0 bridgehead atoms. The fourth-order valence-corrected chi connectivity index (χ4v) is 0.917. The van der Waals surface area contributed by atoms with Crippen LogP contribution in [-0.4, -0.2) is 6.40 Å². The van der Waals surface area contributed by atoms with Crippen LogP contribution in [0.1, 0.15) is 5.56 Å². The first kappa shape index (κ1) is 6.37. The maximum absolute atomic E-state index is 4.73. The third kappa shape index (κ3) is 1.23. The molecular weight excluding hydrogens is 140 g/mol. The van der Waals surface area contributed by atoms with Crippen LogP contribution < -0.4 is 5.48 Å². The number of hydroxylamine groups is 1. The number of hydrogen-bond acceptors (Lipinski definition) is 3. The Bertz CT molecular complexity index is 258. The molecule has 3 nitrogen and oxygen atoms in total. The first-order valence-corrected chi connectivity index (χ1v) is 3.33. The zero-order valence-electron chi connectivity index (χ0n) is 5.82. The molecular formula is C8H7N2O. The summed E-state index contributed by atoms with van der Waals surface area (Å²) in [5.41, 5.74) is 3.70. The van der Waals surface area contributed by atoms with Gasteiger partial charge < -0.3 is 4.84 Å². The van der Waals surface area contributed by atoms with Crippen molar-refractivity contribution in [3.63, 3.8) is 0 Å². The smallest absolute Gasteiger partial charge is 0.216 e. The van der Waals surface area contributed by atoms with Crippen LogP contribution >= 0.6 is 0 Å². The van der Waals surface area contributed by atoms with Crippen LogP contribution in [0, 0.1) is 6.17 Å². The SMILES string of the molecule is C1=N[C](c2ccccc2)NO1. The van der Waals surface area contributed by atoms with E-state index in [1.54, 1.807) is 0 Å². The van der Waals surface area contributed by atoms with Gasteiger partial charge in [-0.05, 0) is 0 Å². The first-order valence-electron chi connectivity index (χ1n) is 3.33. The first-order chi connectivity index (χ1) is 5.47. The molecule has 0 fully saturated rings. The van der Waals surface area contributed by atoms with Crippen LogP contribution in [0.25, 0.3) is 0 Å². The molecule has 0 spiro atoms. The lowest BCUT2D eigenvalue weighted by molar-refractivity contribution is 0.232. The highest BCUT2D eigenvalue weighted by atomic mass is 16.7. The van der Waals surface area contributed by atoms with Gasteiger partial charge in [0.1, 0.15) is 0 Å². The van der Waals surface area contributed by atoms with Gasteiger partial charge >= 0.3 is 0 Å². The number of rotatable bonds is 1. The predicted molar refractivity (Wildman–Crippen MR) is 41.5 cm³/mol. The van der Waals surface area contributed by atoms with Crippen LogP contribution in [0.5, 0.6) is 0 Å². The zero-order valence-corrected chi connectivity index (χ0v) is 5.82. The highest BCUT2D eigenvalue weighted by molar-refractivity contribution is 5.52. The second-order valence-electron chi connectivity index (χ2n) is 2.17. The van der Waals surface area contributed by atoms with Crippen molar-refractivity contribution >= 4 is 6.40 Å². The molecule has 3 heteroatoms. The molecule has 1 aromatic rings. The third-order valence-electron chi connectivity index (χ3n) is 1.44. The highest BCUT2D eigenvalue weighted by Gasteiger charge is 2.13. The van der Waals surface area contributed by atoms with Crippen LogP contribution in [0.2, 0.25) is 0 Å². The molecule has 2 rings (SSSR count). The minimum absolute atomic E-state index is 0.755. The van der Waals surface area contributed by atoms with Gasteiger partial charge in [0.25, 0.3) is 0 Å². The Morgan fingerprint density at radius 1 is 1.18 bits per heavy atom. The minimum atomic E-state index is 0.755. The molecule has 1 aliphatic rings. The molecule has 1 radical (unpaired) electrons. The van der Waals surface area contributed by atoms with E-state index in [1.807, 2.05) is 30.3 Å². The quantitative estimate of drug-likeness (QED) is 0.645. The van der Waals surface area contributed by atoms with E-state index in [-0.39, 0.29) is 0 Å². The monoisotopic (exact) mass is 147 g/mol. The summed E-state index contributed by atoms with van der Waals surface area (Å²) in [6.45, 7) is 0. The number of nitrogens with zero attached hydrogens (tertiary/aromatic N) is 1. The lowest BCUT2D eigenvalue weighted by atomic mass is 10.2. The van der Waals surface area contributed by atoms with Crippen LogP contribution in [0.15, 0.2) is 35.3 Å². The van der Waals surface area contributed by atoms with Gasteiger partial charge in [0.05, 0.1) is 0 Å². The van der Waals surface area contributed by atoms with E-state index >= 15 is 0 Å². The van der Waals surface area contributed by atoms with Crippen LogP contribution in [0.3, 0.4) is 0 Å². The van der Waals surface area contributed by atoms with Gasteiger partial charge in [-0.1, -0.05) is 30.3 Å². The minimum Gasteiger partial charge on any atom is -0.394 e. The molecule has 0 atom stereocenters. The molecule has 11 heavy (non-hydrogen) atoms. The van der Waals surface area contributed by atoms with Crippen molar-refractivity contribution in [2.24, 2.45) is 4.99 Å². The van der Waals surface area contributed by atoms with Crippen molar-refractivity contribution in [3.05, 3.63) is 42.1 Å². The van der Waals surface area contributed by atoms with Crippen molar-refractivity contribution in [1.82, 2.24) is 5.48 Å². The summed E-state index contributed by atoms with van der Waals surface area (Å²) in [5, 5.41) is 0. The predicted octanol–water partition coefficient (Wildman–Crippen LogP) is 1.09. The van der Waals surface area contributed by atoms with Crippen molar-refractivity contribution in [2.45, 2.75) is 0 Å². The second-order valence-corrected chi connectivity index (χ2v) is 2.17. The summed E-state index contributed by atoms with van der Waals surface area (Å²) in [6, 6.07) is 9.81. The molecule has 0 aromatic heterocycles. The van der Waals surface area contributed by atoms with E-state index in [2.05, 4.69) is 10.5 Å². The van der Waals surface area contributed by atoms with Gasteiger partial charge in [-0.3, -0.25) is 0 Å². The molecule has 0 saturated heterocycles. The number of hydrogen-bond donors (Lipinski definition) is 1. The maximum Gasteiger partial charge on any atom is 0.216 e. The zero-order chi connectivity index (χ0) is 7.52. The normalized spacial score (nSPS) is 16.7. The molecule has 0 saturated carbocycles. The van der Waals surface area contributed by atoms with Gasteiger partial charge in [-0.15, -0.1) is 5.48 Å². The van der Waals surface area contributed by atoms with Gasteiger partial charge in [0.2, 0.25) is 6.17 Å². The van der Waals surface area contributed by atoms with E-state index < -0.39 is 0 Å². The summed E-state index contributed by atoms with van der Waals surface area (Å²) in [6.07, 6.45) is 2.13. The molecule has 0 amide bonds. The number of benzene rings is 1. The Balaban J connectivity index is 2.23. The Morgan fingerprint density at radius 2 is 2.00 bits per heavy atom. The molecule has 55 valence electrons. The summed E-state index contributed by atoms with van der Waals surface area (Å²) in [7, 11) is 0. The topological polar surface area (TPSA) is 33.6 Å². The van der Waals surface area contributed by atoms with Gasteiger partial charge in [-0.25, -0.2) is 4.99 Å².